The molecule has 0 bridgehead atoms. The molecule has 1 heterocycles. The number of rotatable bonds is 3. The van der Waals surface area contributed by atoms with Gasteiger partial charge in [0.05, 0.1) is 4.92 Å². The second-order valence-corrected chi connectivity index (χ2v) is 3.70. The van der Waals surface area contributed by atoms with Gasteiger partial charge in [-0.1, -0.05) is 18.2 Å². The first kappa shape index (κ1) is 11.8. The molecule has 7 nitrogen and oxygen atoms in total. The Morgan fingerprint density at radius 3 is 2.61 bits per heavy atom. The summed E-state index contributed by atoms with van der Waals surface area (Å²) in [6, 6.07) is 6.47. The molecule has 0 aliphatic rings. The highest BCUT2D eigenvalue weighted by atomic mass is 16.6. The fraction of sp³-hybridized carbons (Fsp3) is 0.0909. The average Bonchev–Trinajstić information content (AvgIpc) is 2.33. The van der Waals surface area contributed by atoms with Crippen LogP contribution in [0, 0.1) is 10.1 Å². The summed E-state index contributed by atoms with van der Waals surface area (Å²) in [7, 11) is 0. The molecule has 7 heteroatoms. The zero-order chi connectivity index (χ0) is 13.1. The van der Waals surface area contributed by atoms with Crippen LogP contribution in [0.1, 0.15) is 11.1 Å². The molecular formula is C11H11N5O2. The summed E-state index contributed by atoms with van der Waals surface area (Å²) in [5, 5.41) is 10.9. The summed E-state index contributed by atoms with van der Waals surface area (Å²) in [4.78, 5) is 18.1. The topological polar surface area (TPSA) is 121 Å². The Morgan fingerprint density at radius 1 is 1.22 bits per heavy atom. The zero-order valence-electron chi connectivity index (χ0n) is 9.41. The minimum absolute atomic E-state index is 0.0497. The van der Waals surface area contributed by atoms with Crippen LogP contribution in [0.25, 0.3) is 0 Å². The molecule has 0 atom stereocenters. The van der Waals surface area contributed by atoms with Gasteiger partial charge in [-0.2, -0.15) is 4.98 Å². The van der Waals surface area contributed by atoms with Gasteiger partial charge in [0.1, 0.15) is 5.82 Å². The summed E-state index contributed by atoms with van der Waals surface area (Å²) >= 11 is 0. The molecule has 4 N–H and O–H groups in total. The zero-order valence-corrected chi connectivity index (χ0v) is 9.41. The number of anilines is 2. The predicted molar refractivity (Wildman–Crippen MR) is 66.8 cm³/mol. The summed E-state index contributed by atoms with van der Waals surface area (Å²) in [5.74, 6) is 0.319. The first-order chi connectivity index (χ1) is 8.58. The van der Waals surface area contributed by atoms with E-state index in [1.54, 1.807) is 18.2 Å². The van der Waals surface area contributed by atoms with Crippen LogP contribution in [0.5, 0.6) is 0 Å². The Labute approximate surface area is 103 Å². The molecule has 18 heavy (non-hydrogen) atoms. The molecule has 1 aromatic heterocycles. The minimum Gasteiger partial charge on any atom is -0.383 e. The van der Waals surface area contributed by atoms with Crippen LogP contribution in [0.4, 0.5) is 17.5 Å². The van der Waals surface area contributed by atoms with Gasteiger partial charge in [-0.25, -0.2) is 4.98 Å². The van der Waals surface area contributed by atoms with Crippen molar-refractivity contribution in [3.05, 3.63) is 51.7 Å². The van der Waals surface area contributed by atoms with Gasteiger partial charge in [0.25, 0.3) is 5.69 Å². The maximum Gasteiger partial charge on any atom is 0.272 e. The van der Waals surface area contributed by atoms with Crippen LogP contribution < -0.4 is 11.5 Å². The highest BCUT2D eigenvalue weighted by Crippen LogP contribution is 2.22. The van der Waals surface area contributed by atoms with Crippen molar-refractivity contribution in [2.45, 2.75) is 6.42 Å². The molecule has 0 radical (unpaired) electrons. The smallest absolute Gasteiger partial charge is 0.272 e. The fourth-order valence-corrected chi connectivity index (χ4v) is 1.61. The van der Waals surface area contributed by atoms with Crippen molar-refractivity contribution in [2.75, 3.05) is 11.5 Å². The van der Waals surface area contributed by atoms with E-state index in [-0.39, 0.29) is 17.5 Å². The molecule has 0 saturated heterocycles. The Kier molecular flexibility index (Phi) is 3.05. The third kappa shape index (κ3) is 2.34. The van der Waals surface area contributed by atoms with Crippen molar-refractivity contribution in [3.8, 4) is 0 Å². The Balaban J connectivity index is 2.37. The van der Waals surface area contributed by atoms with Crippen LogP contribution in [-0.2, 0) is 6.42 Å². The molecule has 1 aromatic carbocycles. The van der Waals surface area contributed by atoms with Gasteiger partial charge in [-0.15, -0.1) is 0 Å². The number of nitrogens with zero attached hydrogens (tertiary/aromatic N) is 3. The molecule has 0 amide bonds. The normalized spacial score (nSPS) is 10.2. The number of hydrogen-bond acceptors (Lipinski definition) is 6. The lowest BCUT2D eigenvalue weighted by Gasteiger charge is -2.05. The standard InChI is InChI=1S/C11H11N5O2/c12-10-8(6-14-11(13)15-10)5-7-3-1-2-4-9(7)16(17)18/h1-4,6H,5H2,(H4,12,13,14,15). The second-order valence-electron chi connectivity index (χ2n) is 3.70. The Hall–Kier alpha value is -2.70. The first-order valence-electron chi connectivity index (χ1n) is 5.17. The van der Waals surface area contributed by atoms with E-state index in [9.17, 15) is 10.1 Å². The molecule has 0 aliphatic heterocycles. The molecule has 0 spiro atoms. The maximum atomic E-state index is 10.9. The number of nitro benzene ring substituents is 1. The number of benzene rings is 1. The van der Waals surface area contributed by atoms with Gasteiger partial charge in [0.2, 0.25) is 5.95 Å². The largest absolute Gasteiger partial charge is 0.383 e. The van der Waals surface area contributed by atoms with E-state index in [2.05, 4.69) is 9.97 Å². The van der Waals surface area contributed by atoms with E-state index in [1.165, 1.54) is 12.3 Å². The lowest BCUT2D eigenvalue weighted by molar-refractivity contribution is -0.385. The summed E-state index contributed by atoms with van der Waals surface area (Å²) in [5.41, 5.74) is 12.3. The molecule has 0 aliphatic carbocycles. The van der Waals surface area contributed by atoms with Crippen LogP contribution in [-0.4, -0.2) is 14.9 Å². The summed E-state index contributed by atoms with van der Waals surface area (Å²) in [6.07, 6.45) is 1.78. The number of nitro groups is 1. The number of para-hydroxylation sites is 1. The molecule has 2 rings (SSSR count). The first-order valence-corrected chi connectivity index (χ1v) is 5.17. The molecule has 0 fully saturated rings. The van der Waals surface area contributed by atoms with Crippen molar-refractivity contribution < 1.29 is 4.92 Å². The van der Waals surface area contributed by atoms with Gasteiger partial charge in [-0.3, -0.25) is 10.1 Å². The average molecular weight is 245 g/mol. The monoisotopic (exact) mass is 245 g/mol. The molecule has 92 valence electrons. The van der Waals surface area contributed by atoms with Gasteiger partial charge in [-0.05, 0) is 0 Å². The molecule has 2 aromatic rings. The van der Waals surface area contributed by atoms with E-state index in [4.69, 9.17) is 11.5 Å². The van der Waals surface area contributed by atoms with Gasteiger partial charge in [0.15, 0.2) is 0 Å². The third-order valence-electron chi connectivity index (χ3n) is 2.49. The van der Waals surface area contributed by atoms with E-state index in [0.29, 0.717) is 17.5 Å². The number of nitrogens with two attached hydrogens (primary N) is 2. The van der Waals surface area contributed by atoms with Crippen LogP contribution in [0.15, 0.2) is 30.5 Å². The van der Waals surface area contributed by atoms with Gasteiger partial charge in [0, 0.05) is 29.8 Å². The predicted octanol–water partition coefficient (Wildman–Crippen LogP) is 1.14. The fourth-order valence-electron chi connectivity index (χ4n) is 1.61. The van der Waals surface area contributed by atoms with E-state index >= 15 is 0 Å². The van der Waals surface area contributed by atoms with E-state index < -0.39 is 4.92 Å². The van der Waals surface area contributed by atoms with Crippen LogP contribution in [0.3, 0.4) is 0 Å². The summed E-state index contributed by atoms with van der Waals surface area (Å²) < 4.78 is 0. The lowest BCUT2D eigenvalue weighted by atomic mass is 10.1. The van der Waals surface area contributed by atoms with Crippen molar-refractivity contribution in [1.82, 2.24) is 9.97 Å². The van der Waals surface area contributed by atoms with Crippen molar-refractivity contribution in [3.63, 3.8) is 0 Å². The summed E-state index contributed by atoms with van der Waals surface area (Å²) in [6.45, 7) is 0. The molecule has 0 unspecified atom stereocenters. The van der Waals surface area contributed by atoms with Crippen LogP contribution >= 0.6 is 0 Å². The SMILES string of the molecule is Nc1ncc(Cc2ccccc2[N+](=O)[O-])c(N)n1. The Morgan fingerprint density at radius 2 is 1.94 bits per heavy atom. The van der Waals surface area contributed by atoms with Gasteiger partial charge < -0.3 is 11.5 Å². The van der Waals surface area contributed by atoms with E-state index in [0.717, 1.165) is 0 Å². The van der Waals surface area contributed by atoms with Crippen molar-refractivity contribution >= 4 is 17.5 Å². The second kappa shape index (κ2) is 4.66. The minimum atomic E-state index is -0.427. The number of hydrogen-bond donors (Lipinski definition) is 2. The van der Waals surface area contributed by atoms with Crippen LogP contribution in [0.2, 0.25) is 0 Å². The highest BCUT2D eigenvalue weighted by Gasteiger charge is 2.14. The molecular weight excluding hydrogens is 234 g/mol. The lowest BCUT2D eigenvalue weighted by Crippen LogP contribution is -2.05. The van der Waals surface area contributed by atoms with Crippen molar-refractivity contribution in [1.29, 1.82) is 0 Å². The third-order valence-corrected chi connectivity index (χ3v) is 2.49. The van der Waals surface area contributed by atoms with Gasteiger partial charge >= 0.3 is 0 Å². The quantitative estimate of drug-likeness (QED) is 0.617. The maximum absolute atomic E-state index is 10.9. The number of nitrogen functional groups attached to an aromatic ring is 2. The van der Waals surface area contributed by atoms with Crippen molar-refractivity contribution in [2.24, 2.45) is 0 Å². The van der Waals surface area contributed by atoms with E-state index in [1.807, 2.05) is 0 Å². The highest BCUT2D eigenvalue weighted by molar-refractivity contribution is 5.48. The Bertz CT molecular complexity index is 600. The number of aromatic nitrogens is 2. The molecule has 0 saturated carbocycles.